The van der Waals surface area contributed by atoms with E-state index in [-0.39, 0.29) is 0 Å². The van der Waals surface area contributed by atoms with Gasteiger partial charge in [-0.05, 0) is 12.1 Å². The molecule has 6 nitrogen and oxygen atoms in total. The Bertz CT molecular complexity index is 587. The average Bonchev–Trinajstić information content (AvgIpc) is 2.87. The van der Waals surface area contributed by atoms with Crippen LogP contribution in [0, 0.1) is 0 Å². The maximum Gasteiger partial charge on any atom is 0.335 e. The van der Waals surface area contributed by atoms with Gasteiger partial charge in [0.2, 0.25) is 0 Å². The van der Waals surface area contributed by atoms with E-state index in [1.54, 1.807) is 33.3 Å². The lowest BCUT2D eigenvalue weighted by Gasteiger charge is -2.19. The quantitative estimate of drug-likeness (QED) is 0.774. The van der Waals surface area contributed by atoms with Crippen LogP contribution in [0.1, 0.15) is 18.6 Å². The average molecular weight is 358 g/mol. The Morgan fingerprint density at radius 2 is 1.86 bits per heavy atom. The monoisotopic (exact) mass is 357 g/mol. The zero-order valence-electron chi connectivity index (χ0n) is 12.2. The van der Waals surface area contributed by atoms with E-state index in [0.717, 1.165) is 10.0 Å². The highest BCUT2D eigenvalue weighted by atomic mass is 79.9. The van der Waals surface area contributed by atoms with Gasteiger partial charge >= 0.3 is 5.97 Å². The zero-order chi connectivity index (χ0) is 15.6. The zero-order valence-corrected chi connectivity index (χ0v) is 13.8. The van der Waals surface area contributed by atoms with E-state index in [0.29, 0.717) is 17.4 Å². The van der Waals surface area contributed by atoms with E-state index >= 15 is 0 Å². The molecule has 2 rings (SSSR count). The summed E-state index contributed by atoms with van der Waals surface area (Å²) in [6.45, 7) is 1.70. The maximum atomic E-state index is 11.9. The second kappa shape index (κ2) is 6.34. The molecule has 0 amide bonds. The molecule has 0 radical (unpaired) electrons. The molecule has 0 fully saturated rings. The number of carbonyl (C=O) groups excluding carboxylic acids is 1. The van der Waals surface area contributed by atoms with Gasteiger partial charge in [-0.25, -0.2) is 9.79 Å². The Morgan fingerprint density at radius 1 is 1.24 bits per heavy atom. The Kier molecular flexibility index (Phi) is 4.72. The summed E-state index contributed by atoms with van der Waals surface area (Å²) < 4.78 is 21.7. The lowest BCUT2D eigenvalue weighted by atomic mass is 10.0. The third-order valence-corrected chi connectivity index (χ3v) is 3.84. The van der Waals surface area contributed by atoms with Crippen molar-refractivity contribution in [3.05, 3.63) is 22.2 Å². The third kappa shape index (κ3) is 2.97. The number of rotatable bonds is 4. The molecule has 0 aromatic heterocycles. The number of ether oxygens (including phenoxy) is 4. The highest BCUT2D eigenvalue weighted by Gasteiger charge is 2.38. The van der Waals surface area contributed by atoms with E-state index in [1.165, 1.54) is 7.11 Å². The Balaban J connectivity index is 2.43. The first-order valence-electron chi connectivity index (χ1n) is 6.22. The van der Waals surface area contributed by atoms with Crippen molar-refractivity contribution in [2.45, 2.75) is 19.1 Å². The molecule has 0 N–H and O–H groups in total. The number of hydrogen-bond donors (Lipinski definition) is 0. The van der Waals surface area contributed by atoms with Crippen LogP contribution in [0.3, 0.4) is 0 Å². The Hall–Kier alpha value is -1.76. The van der Waals surface area contributed by atoms with Crippen LogP contribution in [0.15, 0.2) is 21.6 Å². The summed E-state index contributed by atoms with van der Waals surface area (Å²) in [5.74, 6) is 1.13. The van der Waals surface area contributed by atoms with E-state index in [4.69, 9.17) is 18.9 Å². The van der Waals surface area contributed by atoms with Crippen molar-refractivity contribution in [2.24, 2.45) is 4.99 Å². The molecule has 1 aliphatic rings. The number of esters is 1. The first-order chi connectivity index (χ1) is 10.0. The third-order valence-electron chi connectivity index (χ3n) is 3.16. The SMILES string of the molecule is COC(=O)C1N=C(C)OC1c1cc(OC)c(OC)cc1Br. The number of halogens is 1. The van der Waals surface area contributed by atoms with Gasteiger partial charge in [0.1, 0.15) is 0 Å². The number of benzene rings is 1. The van der Waals surface area contributed by atoms with Gasteiger partial charge in [0.15, 0.2) is 29.5 Å². The van der Waals surface area contributed by atoms with Crippen LogP contribution in [0.2, 0.25) is 0 Å². The number of methoxy groups -OCH3 is 3. The summed E-state index contributed by atoms with van der Waals surface area (Å²) >= 11 is 3.46. The van der Waals surface area contributed by atoms with E-state index in [2.05, 4.69) is 20.9 Å². The highest BCUT2D eigenvalue weighted by molar-refractivity contribution is 9.10. The lowest BCUT2D eigenvalue weighted by molar-refractivity contribution is -0.143. The summed E-state index contributed by atoms with van der Waals surface area (Å²) in [5, 5.41) is 0. The van der Waals surface area contributed by atoms with Gasteiger partial charge in [0.05, 0.1) is 21.3 Å². The Labute approximate surface area is 131 Å². The smallest absolute Gasteiger partial charge is 0.335 e. The fraction of sp³-hybridized carbons (Fsp3) is 0.429. The summed E-state index contributed by atoms with van der Waals surface area (Å²) in [7, 11) is 4.43. The molecule has 0 saturated carbocycles. The first-order valence-corrected chi connectivity index (χ1v) is 7.01. The highest BCUT2D eigenvalue weighted by Crippen LogP contribution is 2.40. The van der Waals surface area contributed by atoms with Crippen LogP contribution < -0.4 is 9.47 Å². The van der Waals surface area contributed by atoms with Crippen LogP contribution in [0.25, 0.3) is 0 Å². The molecule has 0 saturated heterocycles. The lowest BCUT2D eigenvalue weighted by Crippen LogP contribution is -2.25. The van der Waals surface area contributed by atoms with Crippen molar-refractivity contribution >= 4 is 27.8 Å². The topological polar surface area (TPSA) is 66.4 Å². The van der Waals surface area contributed by atoms with E-state index < -0.39 is 18.1 Å². The van der Waals surface area contributed by atoms with Gasteiger partial charge in [0, 0.05) is 17.0 Å². The van der Waals surface area contributed by atoms with Gasteiger partial charge in [-0.1, -0.05) is 15.9 Å². The molecule has 7 heteroatoms. The molecule has 1 aromatic carbocycles. The van der Waals surface area contributed by atoms with Gasteiger partial charge in [-0.15, -0.1) is 0 Å². The van der Waals surface area contributed by atoms with Crippen molar-refractivity contribution in [3.8, 4) is 11.5 Å². The van der Waals surface area contributed by atoms with Crippen LogP contribution >= 0.6 is 15.9 Å². The van der Waals surface area contributed by atoms with E-state index in [9.17, 15) is 4.79 Å². The number of carbonyl (C=O) groups is 1. The molecule has 1 aliphatic heterocycles. The van der Waals surface area contributed by atoms with Gasteiger partial charge < -0.3 is 18.9 Å². The molecule has 0 bridgehead atoms. The second-order valence-electron chi connectivity index (χ2n) is 4.38. The summed E-state index contributed by atoms with van der Waals surface area (Å²) in [6, 6.07) is 2.79. The summed E-state index contributed by atoms with van der Waals surface area (Å²) in [6.07, 6.45) is -0.563. The maximum absolute atomic E-state index is 11.9. The first kappa shape index (κ1) is 15.6. The molecule has 0 spiro atoms. The second-order valence-corrected chi connectivity index (χ2v) is 5.24. The molecule has 2 unspecified atom stereocenters. The van der Waals surface area contributed by atoms with Crippen LogP contribution in [-0.2, 0) is 14.3 Å². The standard InChI is InChI=1S/C14H16BrNO5/c1-7-16-12(14(17)20-4)13(21-7)8-5-10(18-2)11(19-3)6-9(8)15/h5-6,12-13H,1-4H3. The molecule has 1 aromatic rings. The minimum Gasteiger partial charge on any atom is -0.493 e. The van der Waals surface area contributed by atoms with Gasteiger partial charge in [-0.3, -0.25) is 0 Å². The number of nitrogens with zero attached hydrogens (tertiary/aromatic N) is 1. The molecular weight excluding hydrogens is 342 g/mol. The van der Waals surface area contributed by atoms with E-state index in [1.807, 2.05) is 0 Å². The molecule has 0 aliphatic carbocycles. The minimum absolute atomic E-state index is 0.442. The van der Waals surface area contributed by atoms with Gasteiger partial charge in [0.25, 0.3) is 0 Å². The molecule has 21 heavy (non-hydrogen) atoms. The largest absolute Gasteiger partial charge is 0.493 e. The van der Waals surface area contributed by atoms with Crippen molar-refractivity contribution in [1.29, 1.82) is 0 Å². The minimum atomic E-state index is -0.732. The van der Waals surface area contributed by atoms with Gasteiger partial charge in [-0.2, -0.15) is 0 Å². The van der Waals surface area contributed by atoms with Crippen molar-refractivity contribution in [3.63, 3.8) is 0 Å². The van der Waals surface area contributed by atoms with Crippen molar-refractivity contribution in [2.75, 3.05) is 21.3 Å². The van der Waals surface area contributed by atoms with Crippen LogP contribution in [-0.4, -0.2) is 39.2 Å². The number of hydrogen-bond acceptors (Lipinski definition) is 6. The molecule has 114 valence electrons. The van der Waals surface area contributed by atoms with Crippen LogP contribution in [0.4, 0.5) is 0 Å². The molecule has 1 heterocycles. The summed E-state index contributed by atoms with van der Waals surface area (Å²) in [4.78, 5) is 16.0. The molecular formula is C14H16BrNO5. The summed E-state index contributed by atoms with van der Waals surface area (Å²) in [5.41, 5.74) is 0.739. The normalized spacial score (nSPS) is 20.5. The number of aliphatic imine (C=N–C) groups is 1. The molecule has 2 atom stereocenters. The Morgan fingerprint density at radius 3 is 2.43 bits per heavy atom. The predicted octanol–water partition coefficient (Wildman–Crippen LogP) is 2.50. The van der Waals surface area contributed by atoms with Crippen molar-refractivity contribution in [1.82, 2.24) is 0 Å². The predicted molar refractivity (Wildman–Crippen MR) is 80.0 cm³/mol. The van der Waals surface area contributed by atoms with Crippen molar-refractivity contribution < 1.29 is 23.7 Å². The van der Waals surface area contributed by atoms with Crippen LogP contribution in [0.5, 0.6) is 11.5 Å². The fourth-order valence-corrected chi connectivity index (χ4v) is 2.71. The fourth-order valence-electron chi connectivity index (χ4n) is 2.16.